The first-order valence-electron chi connectivity index (χ1n) is 11.7. The van der Waals surface area contributed by atoms with E-state index in [1.54, 1.807) is 12.4 Å². The van der Waals surface area contributed by atoms with Gasteiger partial charge in [-0.3, -0.25) is 19.7 Å². The molecule has 8 nitrogen and oxygen atoms in total. The van der Waals surface area contributed by atoms with Crippen molar-refractivity contribution < 1.29 is 9.59 Å². The molecule has 0 saturated heterocycles. The minimum absolute atomic E-state index is 0.174. The van der Waals surface area contributed by atoms with E-state index in [-0.39, 0.29) is 18.4 Å². The summed E-state index contributed by atoms with van der Waals surface area (Å²) in [5.41, 5.74) is 3.04. The van der Waals surface area contributed by atoms with Gasteiger partial charge in [0.2, 0.25) is 5.91 Å². The first kappa shape index (κ1) is 23.9. The Hall–Kier alpha value is -3.20. The maximum absolute atomic E-state index is 12.3. The van der Waals surface area contributed by atoms with Crippen LogP contribution in [0.15, 0.2) is 53.9 Å². The van der Waals surface area contributed by atoms with Crippen LogP contribution in [-0.2, 0) is 4.79 Å². The van der Waals surface area contributed by atoms with E-state index in [2.05, 4.69) is 51.8 Å². The summed E-state index contributed by atoms with van der Waals surface area (Å²) in [6.07, 6.45) is 7.89. The molecule has 1 aliphatic rings. The van der Waals surface area contributed by atoms with Crippen LogP contribution >= 0.6 is 11.8 Å². The molecule has 2 heterocycles. The third-order valence-electron chi connectivity index (χ3n) is 5.86. The van der Waals surface area contributed by atoms with E-state index in [0.29, 0.717) is 22.7 Å². The Labute approximate surface area is 204 Å². The molecule has 3 amide bonds. The van der Waals surface area contributed by atoms with E-state index in [9.17, 15) is 9.59 Å². The molecule has 178 valence electrons. The molecule has 2 aromatic heterocycles. The topological polar surface area (TPSA) is 102 Å². The number of nitrogens with one attached hydrogen (secondary N) is 2. The van der Waals surface area contributed by atoms with Gasteiger partial charge in [0, 0.05) is 36.2 Å². The van der Waals surface area contributed by atoms with E-state index in [1.165, 1.54) is 17.3 Å². The van der Waals surface area contributed by atoms with Crippen molar-refractivity contribution in [2.45, 2.75) is 63.1 Å². The zero-order valence-electron chi connectivity index (χ0n) is 19.5. The zero-order chi connectivity index (χ0) is 23.9. The monoisotopic (exact) mass is 478 g/mol. The van der Waals surface area contributed by atoms with Gasteiger partial charge in [-0.2, -0.15) is 0 Å². The molecule has 1 fully saturated rings. The van der Waals surface area contributed by atoms with Crippen LogP contribution in [0, 0.1) is 0 Å². The molecular weight excluding hydrogens is 448 g/mol. The summed E-state index contributed by atoms with van der Waals surface area (Å²) in [7, 11) is 0. The summed E-state index contributed by atoms with van der Waals surface area (Å²) in [6, 6.07) is 11.8. The highest BCUT2D eigenvalue weighted by Gasteiger charge is 2.21. The van der Waals surface area contributed by atoms with E-state index < -0.39 is 6.03 Å². The highest BCUT2D eigenvalue weighted by molar-refractivity contribution is 7.99. The molecule has 4 rings (SSSR count). The van der Waals surface area contributed by atoms with Crippen molar-refractivity contribution >= 4 is 23.7 Å². The van der Waals surface area contributed by atoms with E-state index in [1.807, 2.05) is 28.8 Å². The molecule has 1 aromatic carbocycles. The maximum atomic E-state index is 12.3. The SMILES string of the molecule is CC(C)c1ccccc1-n1c(SCCC(=O)NC(=O)NC2CCCC2)nnc1-c1cccnc1. The highest BCUT2D eigenvalue weighted by atomic mass is 32.2. The molecule has 34 heavy (non-hydrogen) atoms. The number of para-hydroxylation sites is 1. The quantitative estimate of drug-likeness (QED) is 0.455. The van der Waals surface area contributed by atoms with Gasteiger partial charge >= 0.3 is 6.03 Å². The molecular formula is C25H30N6O2S. The Morgan fingerprint density at radius 1 is 1.12 bits per heavy atom. The molecule has 2 N–H and O–H groups in total. The van der Waals surface area contributed by atoms with Crippen LogP contribution in [0.1, 0.15) is 57.4 Å². The Kier molecular flexibility index (Phi) is 7.95. The number of hydrogen-bond donors (Lipinski definition) is 2. The van der Waals surface area contributed by atoms with Crippen LogP contribution in [0.5, 0.6) is 0 Å². The smallest absolute Gasteiger partial charge is 0.321 e. The van der Waals surface area contributed by atoms with Gasteiger partial charge in [0.25, 0.3) is 0 Å². The van der Waals surface area contributed by atoms with Gasteiger partial charge in [-0.25, -0.2) is 4.79 Å². The molecule has 1 aliphatic carbocycles. The fourth-order valence-corrected chi connectivity index (χ4v) is 5.04. The molecule has 0 atom stereocenters. The Morgan fingerprint density at radius 3 is 2.65 bits per heavy atom. The summed E-state index contributed by atoms with van der Waals surface area (Å²) < 4.78 is 2.03. The molecule has 3 aromatic rings. The molecule has 0 radical (unpaired) electrons. The number of benzene rings is 1. The Balaban J connectivity index is 1.48. The molecule has 0 aliphatic heterocycles. The van der Waals surface area contributed by atoms with Crippen molar-refractivity contribution in [2.75, 3.05) is 5.75 Å². The van der Waals surface area contributed by atoms with Gasteiger partial charge in [-0.15, -0.1) is 10.2 Å². The van der Waals surface area contributed by atoms with Crippen LogP contribution in [0.3, 0.4) is 0 Å². The number of carbonyl (C=O) groups is 2. The van der Waals surface area contributed by atoms with Crippen molar-refractivity contribution in [1.82, 2.24) is 30.4 Å². The lowest BCUT2D eigenvalue weighted by Crippen LogP contribution is -2.43. The normalized spacial score (nSPS) is 13.9. The number of amides is 3. The van der Waals surface area contributed by atoms with Crippen molar-refractivity contribution in [3.8, 4) is 17.1 Å². The lowest BCUT2D eigenvalue weighted by atomic mass is 10.0. The number of pyridine rings is 1. The molecule has 0 unspecified atom stereocenters. The lowest BCUT2D eigenvalue weighted by Gasteiger charge is -2.17. The van der Waals surface area contributed by atoms with Crippen LogP contribution in [-0.4, -0.2) is 43.5 Å². The number of thioether (sulfide) groups is 1. The van der Waals surface area contributed by atoms with Gasteiger partial charge in [-0.1, -0.05) is 56.7 Å². The number of hydrogen-bond acceptors (Lipinski definition) is 6. The summed E-state index contributed by atoms with van der Waals surface area (Å²) in [5.74, 6) is 1.17. The average Bonchev–Trinajstić information content (AvgIpc) is 3.49. The number of urea groups is 1. The van der Waals surface area contributed by atoms with Gasteiger partial charge in [0.15, 0.2) is 11.0 Å². The zero-order valence-corrected chi connectivity index (χ0v) is 20.3. The van der Waals surface area contributed by atoms with Crippen molar-refractivity contribution in [3.63, 3.8) is 0 Å². The van der Waals surface area contributed by atoms with Crippen molar-refractivity contribution in [2.24, 2.45) is 0 Å². The van der Waals surface area contributed by atoms with Crippen LogP contribution in [0.25, 0.3) is 17.1 Å². The second-order valence-electron chi connectivity index (χ2n) is 8.70. The lowest BCUT2D eigenvalue weighted by molar-refractivity contribution is -0.119. The van der Waals surface area contributed by atoms with Gasteiger partial charge < -0.3 is 5.32 Å². The largest absolute Gasteiger partial charge is 0.335 e. The fourth-order valence-electron chi connectivity index (χ4n) is 4.16. The van der Waals surface area contributed by atoms with Crippen molar-refractivity contribution in [3.05, 3.63) is 54.4 Å². The highest BCUT2D eigenvalue weighted by Crippen LogP contribution is 2.32. The van der Waals surface area contributed by atoms with E-state index >= 15 is 0 Å². The fraction of sp³-hybridized carbons (Fsp3) is 0.400. The molecule has 9 heteroatoms. The molecule has 0 bridgehead atoms. The summed E-state index contributed by atoms with van der Waals surface area (Å²) in [4.78, 5) is 28.6. The predicted molar refractivity (Wildman–Crippen MR) is 133 cm³/mol. The van der Waals surface area contributed by atoms with Crippen LogP contribution in [0.4, 0.5) is 4.79 Å². The predicted octanol–water partition coefficient (Wildman–Crippen LogP) is 4.70. The number of carbonyl (C=O) groups excluding carboxylic acids is 2. The van der Waals surface area contributed by atoms with Crippen LogP contribution in [0.2, 0.25) is 0 Å². The Bertz CT molecular complexity index is 1130. The van der Waals surface area contributed by atoms with Gasteiger partial charge in [-0.05, 0) is 42.5 Å². The van der Waals surface area contributed by atoms with Crippen LogP contribution < -0.4 is 10.6 Å². The van der Waals surface area contributed by atoms with Gasteiger partial charge in [0.1, 0.15) is 0 Å². The minimum Gasteiger partial charge on any atom is -0.335 e. The van der Waals surface area contributed by atoms with Gasteiger partial charge in [0.05, 0.1) is 5.69 Å². The second-order valence-corrected chi connectivity index (χ2v) is 9.76. The number of imide groups is 1. The van der Waals surface area contributed by atoms with E-state index in [4.69, 9.17) is 0 Å². The number of nitrogens with zero attached hydrogens (tertiary/aromatic N) is 4. The standard InChI is InChI=1S/C25H30N6O2S/c1-17(2)20-11-5-6-12-21(20)31-23(18-8-7-14-26-16-18)29-30-25(31)34-15-13-22(32)28-24(33)27-19-9-3-4-10-19/h5-8,11-12,14,16-17,19H,3-4,9-10,13,15H2,1-2H3,(H2,27,28,32,33). The third-order valence-corrected chi connectivity index (χ3v) is 6.79. The molecule has 0 spiro atoms. The first-order valence-corrected chi connectivity index (χ1v) is 12.7. The second kappa shape index (κ2) is 11.3. The summed E-state index contributed by atoms with van der Waals surface area (Å²) >= 11 is 1.44. The third kappa shape index (κ3) is 5.83. The van der Waals surface area contributed by atoms with E-state index in [0.717, 1.165) is 36.9 Å². The average molecular weight is 479 g/mol. The minimum atomic E-state index is -0.408. The maximum Gasteiger partial charge on any atom is 0.321 e. The first-order chi connectivity index (χ1) is 16.5. The number of aromatic nitrogens is 4. The summed E-state index contributed by atoms with van der Waals surface area (Å²) in [6.45, 7) is 4.31. The molecule has 1 saturated carbocycles. The summed E-state index contributed by atoms with van der Waals surface area (Å²) in [5, 5.41) is 14.9. The number of rotatable bonds is 8. The van der Waals surface area contributed by atoms with Crippen molar-refractivity contribution in [1.29, 1.82) is 0 Å². The Morgan fingerprint density at radius 2 is 1.91 bits per heavy atom.